The Labute approximate surface area is 141 Å². The Balaban J connectivity index is 1.80. The maximum absolute atomic E-state index is 5.85. The molecule has 0 saturated heterocycles. The Hall–Kier alpha value is -1.92. The summed E-state index contributed by atoms with van der Waals surface area (Å²) in [5.74, 6) is 0.424. The van der Waals surface area contributed by atoms with Gasteiger partial charge in [0.05, 0.1) is 23.9 Å². The number of ether oxygens (including phenoxy) is 1. The van der Waals surface area contributed by atoms with Crippen molar-refractivity contribution in [2.24, 2.45) is 10.7 Å². The Morgan fingerprint density at radius 3 is 2.87 bits per heavy atom. The second kappa shape index (κ2) is 9.27. The summed E-state index contributed by atoms with van der Waals surface area (Å²) >= 11 is 1.68. The van der Waals surface area contributed by atoms with Crippen molar-refractivity contribution < 1.29 is 4.74 Å². The van der Waals surface area contributed by atoms with Crippen LogP contribution in [-0.2, 0) is 24.1 Å². The largest absolute Gasteiger partial charge is 0.383 e. The van der Waals surface area contributed by atoms with Gasteiger partial charge in [0.15, 0.2) is 5.96 Å². The molecule has 0 amide bonds. The van der Waals surface area contributed by atoms with Crippen molar-refractivity contribution in [2.45, 2.75) is 32.4 Å². The molecule has 124 valence electrons. The standard InChI is InChI=1S/C17H24N4OS/c1-13(11-22-2)20-17(18)19-10-15-12-23-16(21-15)9-8-14-6-4-3-5-7-14/h3-7,12-13H,8-11H2,1-2H3,(H3,18,19,20). The highest BCUT2D eigenvalue weighted by Gasteiger charge is 2.04. The van der Waals surface area contributed by atoms with Gasteiger partial charge in [0.1, 0.15) is 0 Å². The summed E-state index contributed by atoms with van der Waals surface area (Å²) < 4.78 is 5.05. The summed E-state index contributed by atoms with van der Waals surface area (Å²) in [5.41, 5.74) is 8.15. The molecule has 3 N–H and O–H groups in total. The number of nitrogens with one attached hydrogen (secondary N) is 1. The minimum absolute atomic E-state index is 0.139. The molecule has 0 aliphatic carbocycles. The van der Waals surface area contributed by atoms with Gasteiger partial charge in [-0.25, -0.2) is 9.98 Å². The predicted molar refractivity (Wildman–Crippen MR) is 95.8 cm³/mol. The fourth-order valence-corrected chi connectivity index (χ4v) is 2.98. The Morgan fingerprint density at radius 2 is 2.13 bits per heavy atom. The maximum atomic E-state index is 5.85. The molecular formula is C17H24N4OS. The van der Waals surface area contributed by atoms with Gasteiger partial charge in [-0.3, -0.25) is 0 Å². The van der Waals surface area contributed by atoms with E-state index in [1.807, 2.05) is 13.0 Å². The lowest BCUT2D eigenvalue weighted by Gasteiger charge is -2.12. The number of hydrogen-bond acceptors (Lipinski definition) is 4. The van der Waals surface area contributed by atoms with Gasteiger partial charge in [-0.15, -0.1) is 11.3 Å². The van der Waals surface area contributed by atoms with E-state index in [9.17, 15) is 0 Å². The van der Waals surface area contributed by atoms with Crippen LogP contribution in [0.5, 0.6) is 0 Å². The minimum Gasteiger partial charge on any atom is -0.383 e. The number of methoxy groups -OCH3 is 1. The molecule has 1 aromatic carbocycles. The summed E-state index contributed by atoms with van der Waals surface area (Å²) in [4.78, 5) is 8.94. The first-order valence-corrected chi connectivity index (χ1v) is 8.58. The molecule has 0 aliphatic heterocycles. The van der Waals surface area contributed by atoms with E-state index < -0.39 is 0 Å². The number of thiazole rings is 1. The van der Waals surface area contributed by atoms with Crippen molar-refractivity contribution in [3.63, 3.8) is 0 Å². The summed E-state index contributed by atoms with van der Waals surface area (Å²) in [6.45, 7) is 3.09. The first-order chi connectivity index (χ1) is 11.2. The van der Waals surface area contributed by atoms with Crippen LogP contribution in [0.1, 0.15) is 23.2 Å². The number of aromatic nitrogens is 1. The van der Waals surface area contributed by atoms with Crippen molar-refractivity contribution in [1.29, 1.82) is 0 Å². The summed E-state index contributed by atoms with van der Waals surface area (Å²) in [7, 11) is 1.66. The van der Waals surface area contributed by atoms with E-state index in [0.717, 1.165) is 23.5 Å². The molecule has 2 aromatic rings. The number of nitrogens with two attached hydrogens (primary N) is 1. The van der Waals surface area contributed by atoms with Crippen molar-refractivity contribution in [2.75, 3.05) is 13.7 Å². The van der Waals surface area contributed by atoms with Crippen LogP contribution in [0, 0.1) is 0 Å². The van der Waals surface area contributed by atoms with Crippen LogP contribution < -0.4 is 11.1 Å². The molecule has 0 bridgehead atoms. The summed E-state index contributed by atoms with van der Waals surface area (Å²) in [6.07, 6.45) is 1.96. The van der Waals surface area contributed by atoms with Crippen LogP contribution in [0.3, 0.4) is 0 Å². The molecule has 0 fully saturated rings. The van der Waals surface area contributed by atoms with E-state index in [0.29, 0.717) is 19.1 Å². The highest BCUT2D eigenvalue weighted by molar-refractivity contribution is 7.09. The van der Waals surface area contributed by atoms with Crippen molar-refractivity contribution in [3.05, 3.63) is 52.0 Å². The van der Waals surface area contributed by atoms with E-state index >= 15 is 0 Å². The summed E-state index contributed by atoms with van der Waals surface area (Å²) in [5, 5.41) is 6.27. The number of aliphatic imine (C=N–C) groups is 1. The molecule has 6 heteroatoms. The molecule has 0 aliphatic rings. The van der Waals surface area contributed by atoms with Crippen LogP contribution in [0.25, 0.3) is 0 Å². The number of guanidine groups is 1. The SMILES string of the molecule is COCC(C)NC(N)=NCc1csc(CCc2ccccc2)n1. The zero-order valence-electron chi connectivity index (χ0n) is 13.7. The second-order valence-electron chi connectivity index (χ2n) is 5.42. The zero-order chi connectivity index (χ0) is 16.5. The molecule has 0 saturated carbocycles. The first-order valence-electron chi connectivity index (χ1n) is 7.70. The molecule has 0 radical (unpaired) electrons. The van der Waals surface area contributed by atoms with Crippen LogP contribution in [0.2, 0.25) is 0 Å². The average molecular weight is 332 g/mol. The van der Waals surface area contributed by atoms with Gasteiger partial charge in [-0.1, -0.05) is 30.3 Å². The lowest BCUT2D eigenvalue weighted by atomic mass is 10.1. The predicted octanol–water partition coefficient (Wildman–Crippen LogP) is 2.37. The number of rotatable bonds is 8. The number of hydrogen-bond donors (Lipinski definition) is 2. The monoisotopic (exact) mass is 332 g/mol. The quantitative estimate of drug-likeness (QED) is 0.575. The number of nitrogens with zero attached hydrogens (tertiary/aromatic N) is 2. The molecule has 5 nitrogen and oxygen atoms in total. The fraction of sp³-hybridized carbons (Fsp3) is 0.412. The van der Waals surface area contributed by atoms with E-state index in [1.54, 1.807) is 18.4 Å². The Kier molecular flexibility index (Phi) is 7.03. The van der Waals surface area contributed by atoms with Gasteiger partial charge in [-0.05, 0) is 18.9 Å². The third-order valence-electron chi connectivity index (χ3n) is 3.29. The normalized spacial score (nSPS) is 13.0. The van der Waals surface area contributed by atoms with E-state index in [4.69, 9.17) is 10.5 Å². The highest BCUT2D eigenvalue weighted by Crippen LogP contribution is 2.13. The van der Waals surface area contributed by atoms with Gasteiger partial charge in [-0.2, -0.15) is 0 Å². The molecule has 2 rings (SSSR count). The van der Waals surface area contributed by atoms with E-state index in [1.165, 1.54) is 5.56 Å². The molecule has 1 unspecified atom stereocenters. The van der Waals surface area contributed by atoms with Gasteiger partial charge in [0.25, 0.3) is 0 Å². The fourth-order valence-electron chi connectivity index (χ4n) is 2.19. The lowest BCUT2D eigenvalue weighted by molar-refractivity contribution is 0.179. The lowest BCUT2D eigenvalue weighted by Crippen LogP contribution is -2.40. The Morgan fingerprint density at radius 1 is 1.35 bits per heavy atom. The minimum atomic E-state index is 0.139. The van der Waals surface area contributed by atoms with Crippen LogP contribution in [0.15, 0.2) is 40.7 Å². The molecule has 1 heterocycles. The molecule has 23 heavy (non-hydrogen) atoms. The second-order valence-corrected chi connectivity index (χ2v) is 6.36. The van der Waals surface area contributed by atoms with Gasteiger partial charge >= 0.3 is 0 Å². The third-order valence-corrected chi connectivity index (χ3v) is 4.25. The molecule has 1 atom stereocenters. The van der Waals surface area contributed by atoms with Crippen molar-refractivity contribution in [1.82, 2.24) is 10.3 Å². The first kappa shape index (κ1) is 17.4. The van der Waals surface area contributed by atoms with Gasteiger partial charge < -0.3 is 15.8 Å². The van der Waals surface area contributed by atoms with Crippen molar-refractivity contribution >= 4 is 17.3 Å². The number of benzene rings is 1. The zero-order valence-corrected chi connectivity index (χ0v) is 14.5. The van der Waals surface area contributed by atoms with E-state index in [-0.39, 0.29) is 6.04 Å². The highest BCUT2D eigenvalue weighted by atomic mass is 32.1. The Bertz CT molecular complexity index is 612. The van der Waals surface area contributed by atoms with Gasteiger partial charge in [0.2, 0.25) is 0 Å². The van der Waals surface area contributed by atoms with Crippen LogP contribution in [-0.4, -0.2) is 30.7 Å². The molecular weight excluding hydrogens is 308 g/mol. The van der Waals surface area contributed by atoms with Gasteiger partial charge in [0, 0.05) is 25.0 Å². The topological polar surface area (TPSA) is 72.5 Å². The summed E-state index contributed by atoms with van der Waals surface area (Å²) in [6, 6.07) is 10.6. The van der Waals surface area contributed by atoms with Crippen LogP contribution >= 0.6 is 11.3 Å². The smallest absolute Gasteiger partial charge is 0.189 e. The van der Waals surface area contributed by atoms with Crippen molar-refractivity contribution in [3.8, 4) is 0 Å². The van der Waals surface area contributed by atoms with E-state index in [2.05, 4.69) is 44.9 Å². The number of aryl methyl sites for hydroxylation is 2. The van der Waals surface area contributed by atoms with Crippen LogP contribution in [0.4, 0.5) is 0 Å². The molecule has 0 spiro atoms. The third kappa shape index (κ3) is 6.38. The molecule has 1 aromatic heterocycles. The average Bonchev–Trinajstić information content (AvgIpc) is 3.00. The maximum Gasteiger partial charge on any atom is 0.189 e.